The molecule has 0 saturated carbocycles. The third-order valence-corrected chi connectivity index (χ3v) is 6.38. The number of halogens is 2. The summed E-state index contributed by atoms with van der Waals surface area (Å²) in [7, 11) is 0. The normalized spacial score (nSPS) is 13.4. The fourth-order valence-electron chi connectivity index (χ4n) is 3.91. The molecule has 182 valence electrons. The number of urea groups is 1. The van der Waals surface area contributed by atoms with Crippen LogP contribution in [0.15, 0.2) is 84.9 Å². The molecule has 7 nitrogen and oxygen atoms in total. The average molecular weight is 520 g/mol. The van der Waals surface area contributed by atoms with Gasteiger partial charge in [-0.2, -0.15) is 0 Å². The standard InChI is InChI=1S/C27H23Cl2N5O2/c28-19-6-11-23(24(29)18-19)25-12-13-26(32-31-25)33-14-16-34(17-15-33)27(35)30-20-7-9-22(10-8-20)36-21-4-2-1-3-5-21/h1-13,18H,14-17H2,(H,30,35). The van der Waals surface area contributed by atoms with E-state index >= 15 is 0 Å². The van der Waals surface area contributed by atoms with Gasteiger partial charge >= 0.3 is 6.03 Å². The maximum atomic E-state index is 12.8. The molecule has 1 aliphatic heterocycles. The minimum absolute atomic E-state index is 0.134. The molecule has 2 amide bonds. The van der Waals surface area contributed by atoms with Crippen LogP contribution in [-0.4, -0.2) is 47.3 Å². The number of benzene rings is 3. The van der Waals surface area contributed by atoms with Crippen LogP contribution >= 0.6 is 23.2 Å². The first-order chi connectivity index (χ1) is 17.5. The Morgan fingerprint density at radius 2 is 1.53 bits per heavy atom. The summed E-state index contributed by atoms with van der Waals surface area (Å²) in [5, 5.41) is 12.8. The summed E-state index contributed by atoms with van der Waals surface area (Å²) in [6.45, 7) is 2.47. The molecule has 2 heterocycles. The number of nitrogens with zero attached hydrogens (tertiary/aromatic N) is 4. The Bertz CT molecular complexity index is 1330. The molecular weight excluding hydrogens is 497 g/mol. The molecule has 0 radical (unpaired) electrons. The molecule has 0 aliphatic carbocycles. The molecule has 3 aromatic carbocycles. The number of rotatable bonds is 5. The van der Waals surface area contributed by atoms with Gasteiger partial charge in [-0.1, -0.05) is 41.4 Å². The van der Waals surface area contributed by atoms with Gasteiger partial charge in [-0.3, -0.25) is 0 Å². The van der Waals surface area contributed by atoms with E-state index in [1.54, 1.807) is 17.0 Å². The summed E-state index contributed by atoms with van der Waals surface area (Å²) < 4.78 is 5.80. The molecule has 1 N–H and O–H groups in total. The van der Waals surface area contributed by atoms with E-state index in [2.05, 4.69) is 20.4 Å². The largest absolute Gasteiger partial charge is 0.457 e. The molecule has 1 fully saturated rings. The second-order valence-electron chi connectivity index (χ2n) is 8.24. The Morgan fingerprint density at radius 3 is 2.19 bits per heavy atom. The summed E-state index contributed by atoms with van der Waals surface area (Å²) >= 11 is 12.3. The van der Waals surface area contributed by atoms with E-state index in [4.69, 9.17) is 27.9 Å². The van der Waals surface area contributed by atoms with Crippen molar-refractivity contribution in [3.8, 4) is 22.8 Å². The second kappa shape index (κ2) is 10.8. The van der Waals surface area contributed by atoms with Crippen molar-refractivity contribution in [3.63, 3.8) is 0 Å². The summed E-state index contributed by atoms with van der Waals surface area (Å²) in [4.78, 5) is 16.7. The minimum atomic E-state index is -0.134. The second-order valence-corrected chi connectivity index (χ2v) is 9.09. The highest BCUT2D eigenvalue weighted by atomic mass is 35.5. The highest BCUT2D eigenvalue weighted by molar-refractivity contribution is 6.36. The fraction of sp³-hybridized carbons (Fsp3) is 0.148. The number of carbonyl (C=O) groups excluding carboxylic acids is 1. The molecule has 0 bridgehead atoms. The zero-order valence-corrected chi connectivity index (χ0v) is 20.8. The average Bonchev–Trinajstić information content (AvgIpc) is 2.91. The molecule has 1 aliphatic rings. The van der Waals surface area contributed by atoms with E-state index < -0.39 is 0 Å². The van der Waals surface area contributed by atoms with Gasteiger partial charge in [0.2, 0.25) is 0 Å². The Balaban J connectivity index is 1.13. The van der Waals surface area contributed by atoms with Crippen LogP contribution < -0.4 is 15.0 Å². The van der Waals surface area contributed by atoms with Gasteiger partial charge in [-0.25, -0.2) is 4.79 Å². The molecular formula is C27H23Cl2N5O2. The third-order valence-electron chi connectivity index (χ3n) is 5.83. The summed E-state index contributed by atoms with van der Waals surface area (Å²) in [5.41, 5.74) is 2.17. The first kappa shape index (κ1) is 23.9. The number of piperazine rings is 1. The van der Waals surface area contributed by atoms with E-state index in [9.17, 15) is 4.79 Å². The molecule has 0 unspecified atom stereocenters. The van der Waals surface area contributed by atoms with E-state index in [1.165, 1.54) is 0 Å². The number of hydrogen-bond acceptors (Lipinski definition) is 5. The van der Waals surface area contributed by atoms with Crippen molar-refractivity contribution >= 4 is 40.7 Å². The third kappa shape index (κ3) is 5.70. The van der Waals surface area contributed by atoms with E-state index in [0.29, 0.717) is 53.4 Å². The number of nitrogens with one attached hydrogen (secondary N) is 1. The smallest absolute Gasteiger partial charge is 0.321 e. The van der Waals surface area contributed by atoms with Crippen LogP contribution in [0.4, 0.5) is 16.3 Å². The van der Waals surface area contributed by atoms with Gasteiger partial charge in [-0.05, 0) is 66.7 Å². The van der Waals surface area contributed by atoms with Crippen molar-refractivity contribution in [2.45, 2.75) is 0 Å². The van der Waals surface area contributed by atoms with Crippen LogP contribution in [-0.2, 0) is 0 Å². The Labute approximate surface area is 219 Å². The number of anilines is 2. The number of aromatic nitrogens is 2. The highest BCUT2D eigenvalue weighted by Crippen LogP contribution is 2.29. The lowest BCUT2D eigenvalue weighted by molar-refractivity contribution is 0.208. The number of amides is 2. The number of hydrogen-bond donors (Lipinski definition) is 1. The van der Waals surface area contributed by atoms with Crippen molar-refractivity contribution in [1.82, 2.24) is 15.1 Å². The monoisotopic (exact) mass is 519 g/mol. The molecule has 0 spiro atoms. The van der Waals surface area contributed by atoms with Gasteiger partial charge in [-0.15, -0.1) is 10.2 Å². The minimum Gasteiger partial charge on any atom is -0.457 e. The van der Waals surface area contributed by atoms with Gasteiger partial charge < -0.3 is 19.9 Å². The van der Waals surface area contributed by atoms with Gasteiger partial charge in [0.1, 0.15) is 11.5 Å². The Morgan fingerprint density at radius 1 is 0.806 bits per heavy atom. The summed E-state index contributed by atoms with van der Waals surface area (Å²) in [6.07, 6.45) is 0. The predicted octanol–water partition coefficient (Wildman–Crippen LogP) is 6.60. The highest BCUT2D eigenvalue weighted by Gasteiger charge is 2.22. The first-order valence-electron chi connectivity index (χ1n) is 11.5. The van der Waals surface area contributed by atoms with E-state index in [0.717, 1.165) is 17.1 Å². The zero-order chi connectivity index (χ0) is 24.9. The predicted molar refractivity (Wildman–Crippen MR) is 143 cm³/mol. The van der Waals surface area contributed by atoms with Crippen molar-refractivity contribution in [3.05, 3.63) is 95.0 Å². The van der Waals surface area contributed by atoms with Crippen molar-refractivity contribution in [2.24, 2.45) is 0 Å². The molecule has 4 aromatic rings. The van der Waals surface area contributed by atoms with Crippen LogP contribution in [0, 0.1) is 0 Å². The van der Waals surface area contributed by atoms with Crippen LogP contribution in [0.2, 0.25) is 10.0 Å². The lowest BCUT2D eigenvalue weighted by atomic mass is 10.1. The molecule has 1 saturated heterocycles. The number of ether oxygens (including phenoxy) is 1. The summed E-state index contributed by atoms with van der Waals surface area (Å²) in [5.74, 6) is 2.23. The van der Waals surface area contributed by atoms with Gasteiger partial charge in [0.15, 0.2) is 5.82 Å². The van der Waals surface area contributed by atoms with E-state index in [1.807, 2.05) is 72.8 Å². The van der Waals surface area contributed by atoms with Crippen molar-refractivity contribution in [1.29, 1.82) is 0 Å². The summed E-state index contributed by atoms with van der Waals surface area (Å²) in [6, 6.07) is 25.9. The van der Waals surface area contributed by atoms with Crippen LogP contribution in [0.3, 0.4) is 0 Å². The van der Waals surface area contributed by atoms with Crippen molar-refractivity contribution in [2.75, 3.05) is 36.4 Å². The van der Waals surface area contributed by atoms with Crippen LogP contribution in [0.5, 0.6) is 11.5 Å². The molecule has 5 rings (SSSR count). The number of para-hydroxylation sites is 1. The van der Waals surface area contributed by atoms with Crippen molar-refractivity contribution < 1.29 is 9.53 Å². The van der Waals surface area contributed by atoms with Gasteiger partial charge in [0.05, 0.1) is 10.7 Å². The SMILES string of the molecule is O=C(Nc1ccc(Oc2ccccc2)cc1)N1CCN(c2ccc(-c3ccc(Cl)cc3Cl)nn2)CC1. The zero-order valence-electron chi connectivity index (χ0n) is 19.3. The Hall–Kier alpha value is -3.81. The topological polar surface area (TPSA) is 70.6 Å². The maximum absolute atomic E-state index is 12.8. The molecule has 9 heteroatoms. The number of carbonyl (C=O) groups is 1. The molecule has 1 aromatic heterocycles. The first-order valence-corrected chi connectivity index (χ1v) is 12.2. The van der Waals surface area contributed by atoms with Gasteiger partial charge in [0, 0.05) is 42.5 Å². The lowest BCUT2D eigenvalue weighted by Gasteiger charge is -2.35. The fourth-order valence-corrected chi connectivity index (χ4v) is 4.41. The quantitative estimate of drug-likeness (QED) is 0.321. The molecule has 0 atom stereocenters. The van der Waals surface area contributed by atoms with Crippen LogP contribution in [0.1, 0.15) is 0 Å². The van der Waals surface area contributed by atoms with E-state index in [-0.39, 0.29) is 6.03 Å². The maximum Gasteiger partial charge on any atom is 0.321 e. The van der Waals surface area contributed by atoms with Gasteiger partial charge in [0.25, 0.3) is 0 Å². The Kier molecular flexibility index (Phi) is 7.21. The van der Waals surface area contributed by atoms with Crippen LogP contribution in [0.25, 0.3) is 11.3 Å². The lowest BCUT2D eigenvalue weighted by Crippen LogP contribution is -2.50. The molecule has 36 heavy (non-hydrogen) atoms.